The van der Waals surface area contributed by atoms with Gasteiger partial charge in [0.2, 0.25) is 5.91 Å². The highest BCUT2D eigenvalue weighted by Gasteiger charge is 1.98. The summed E-state index contributed by atoms with van der Waals surface area (Å²) in [6, 6.07) is 7.85. The van der Waals surface area contributed by atoms with Crippen LogP contribution in [-0.2, 0) is 11.3 Å². The van der Waals surface area contributed by atoms with Crippen LogP contribution in [0.1, 0.15) is 16.3 Å². The fourth-order valence-corrected chi connectivity index (χ4v) is 2.54. The third kappa shape index (κ3) is 4.61. The van der Waals surface area contributed by atoms with Gasteiger partial charge < -0.3 is 5.32 Å². The van der Waals surface area contributed by atoms with Crippen molar-refractivity contribution in [3.8, 4) is 0 Å². The van der Waals surface area contributed by atoms with E-state index in [9.17, 15) is 4.79 Å². The number of halogens is 1. The Morgan fingerprint density at radius 3 is 3.05 bits per heavy atom. The molecule has 1 amide bonds. The van der Waals surface area contributed by atoms with Gasteiger partial charge in [-0.05, 0) is 30.7 Å². The number of carbonyl (C=O) groups excluding carboxylic acids is 1. The summed E-state index contributed by atoms with van der Waals surface area (Å²) in [5, 5.41) is 5.75. The van der Waals surface area contributed by atoms with Crippen molar-refractivity contribution in [3.05, 3.63) is 56.5 Å². The molecule has 1 aromatic heterocycles. The molecule has 19 heavy (non-hydrogen) atoms. The lowest BCUT2D eigenvalue weighted by atomic mass is 10.2. The molecule has 1 aromatic carbocycles. The van der Waals surface area contributed by atoms with Crippen molar-refractivity contribution in [2.75, 3.05) is 0 Å². The molecule has 0 spiro atoms. The smallest absolute Gasteiger partial charge is 0.244 e. The topological polar surface area (TPSA) is 42.0 Å². The summed E-state index contributed by atoms with van der Waals surface area (Å²) in [7, 11) is 0. The molecule has 0 aliphatic carbocycles. The number of aryl methyl sites for hydroxylation is 1. The summed E-state index contributed by atoms with van der Waals surface area (Å²) in [6.45, 7) is 2.45. The minimum Gasteiger partial charge on any atom is -0.348 e. The predicted molar refractivity (Wildman–Crippen MR) is 81.9 cm³/mol. The minimum atomic E-state index is -0.120. The Labute approximate surface area is 124 Å². The van der Waals surface area contributed by atoms with Crippen molar-refractivity contribution < 1.29 is 4.79 Å². The van der Waals surface area contributed by atoms with E-state index in [0.29, 0.717) is 6.54 Å². The molecule has 0 radical (unpaired) electrons. The first-order chi connectivity index (χ1) is 9.13. The molecule has 0 aliphatic heterocycles. The van der Waals surface area contributed by atoms with E-state index in [-0.39, 0.29) is 5.91 Å². The zero-order valence-corrected chi connectivity index (χ0v) is 12.8. The van der Waals surface area contributed by atoms with Crippen LogP contribution in [0.4, 0.5) is 0 Å². The Morgan fingerprint density at radius 1 is 1.53 bits per heavy atom. The SMILES string of the molecule is Cc1nc(/C=C/C(=O)NCc2cccc(Br)c2)cs1. The van der Waals surface area contributed by atoms with Crippen LogP contribution in [0.5, 0.6) is 0 Å². The van der Waals surface area contributed by atoms with Crippen molar-refractivity contribution in [2.24, 2.45) is 0 Å². The second-order valence-corrected chi connectivity index (χ2v) is 5.95. The summed E-state index contributed by atoms with van der Waals surface area (Å²) in [5.74, 6) is -0.120. The Balaban J connectivity index is 1.86. The van der Waals surface area contributed by atoms with Crippen LogP contribution in [0.25, 0.3) is 6.08 Å². The largest absolute Gasteiger partial charge is 0.348 e. The van der Waals surface area contributed by atoms with E-state index in [1.165, 1.54) is 6.08 Å². The lowest BCUT2D eigenvalue weighted by Gasteiger charge is -2.02. The summed E-state index contributed by atoms with van der Waals surface area (Å²) >= 11 is 4.97. The summed E-state index contributed by atoms with van der Waals surface area (Å²) in [4.78, 5) is 15.9. The normalized spacial score (nSPS) is 10.8. The first-order valence-corrected chi connectivity index (χ1v) is 7.43. The van der Waals surface area contributed by atoms with Gasteiger partial charge in [0.25, 0.3) is 0 Å². The van der Waals surface area contributed by atoms with Gasteiger partial charge in [-0.3, -0.25) is 4.79 Å². The van der Waals surface area contributed by atoms with Crippen molar-refractivity contribution in [1.29, 1.82) is 0 Å². The van der Waals surface area contributed by atoms with E-state index < -0.39 is 0 Å². The van der Waals surface area contributed by atoms with Crippen molar-refractivity contribution in [2.45, 2.75) is 13.5 Å². The van der Waals surface area contributed by atoms with E-state index in [1.807, 2.05) is 36.6 Å². The van der Waals surface area contributed by atoms with Crippen molar-refractivity contribution in [3.63, 3.8) is 0 Å². The molecule has 3 nitrogen and oxygen atoms in total. The number of benzene rings is 1. The fraction of sp³-hybridized carbons (Fsp3) is 0.143. The van der Waals surface area contributed by atoms with Gasteiger partial charge in [-0.25, -0.2) is 4.98 Å². The molecule has 5 heteroatoms. The van der Waals surface area contributed by atoms with E-state index in [4.69, 9.17) is 0 Å². The van der Waals surface area contributed by atoms with Gasteiger partial charge in [-0.1, -0.05) is 28.1 Å². The Hall–Kier alpha value is -1.46. The molecular formula is C14H13BrN2OS. The summed E-state index contributed by atoms with van der Waals surface area (Å²) in [6.07, 6.45) is 3.23. The highest BCUT2D eigenvalue weighted by Crippen LogP contribution is 2.11. The summed E-state index contributed by atoms with van der Waals surface area (Å²) < 4.78 is 1.01. The maximum atomic E-state index is 11.6. The molecular weight excluding hydrogens is 324 g/mol. The number of amides is 1. The first kappa shape index (κ1) is 14.0. The third-order valence-corrected chi connectivity index (χ3v) is 3.68. The van der Waals surface area contributed by atoms with Crippen LogP contribution in [0.2, 0.25) is 0 Å². The van der Waals surface area contributed by atoms with Gasteiger partial charge in [0, 0.05) is 22.5 Å². The molecule has 0 atom stereocenters. The molecule has 0 unspecified atom stereocenters. The fourth-order valence-electron chi connectivity index (χ4n) is 1.51. The number of carbonyl (C=O) groups is 1. The number of thiazole rings is 1. The average molecular weight is 337 g/mol. The quantitative estimate of drug-likeness (QED) is 0.867. The Kier molecular flexibility index (Phi) is 4.87. The van der Waals surface area contributed by atoms with Crippen LogP contribution in [0.15, 0.2) is 40.2 Å². The maximum absolute atomic E-state index is 11.6. The van der Waals surface area contributed by atoms with Crippen LogP contribution in [0, 0.1) is 6.92 Å². The number of nitrogens with zero attached hydrogens (tertiary/aromatic N) is 1. The molecule has 2 rings (SSSR count). The lowest BCUT2D eigenvalue weighted by molar-refractivity contribution is -0.116. The van der Waals surface area contributed by atoms with E-state index in [1.54, 1.807) is 17.4 Å². The van der Waals surface area contributed by atoms with Gasteiger partial charge in [0.1, 0.15) is 0 Å². The third-order valence-electron chi connectivity index (χ3n) is 2.40. The number of rotatable bonds is 4. The highest BCUT2D eigenvalue weighted by atomic mass is 79.9. The lowest BCUT2D eigenvalue weighted by Crippen LogP contribution is -2.20. The molecule has 2 aromatic rings. The van der Waals surface area contributed by atoms with Gasteiger partial charge in [0.15, 0.2) is 0 Å². The summed E-state index contributed by atoms with van der Waals surface area (Å²) in [5.41, 5.74) is 1.88. The van der Waals surface area contributed by atoms with Gasteiger partial charge in [-0.15, -0.1) is 11.3 Å². The van der Waals surface area contributed by atoms with Crippen molar-refractivity contribution >= 4 is 39.2 Å². The van der Waals surface area contributed by atoms with Gasteiger partial charge in [0.05, 0.1) is 10.7 Å². The van der Waals surface area contributed by atoms with E-state index in [2.05, 4.69) is 26.2 Å². The first-order valence-electron chi connectivity index (χ1n) is 5.76. The molecule has 0 aliphatic rings. The predicted octanol–water partition coefficient (Wildman–Crippen LogP) is 3.54. The molecule has 0 saturated carbocycles. The molecule has 1 heterocycles. The van der Waals surface area contributed by atoms with Crippen LogP contribution in [0.3, 0.4) is 0 Å². The standard InChI is InChI=1S/C14H13BrN2OS/c1-10-17-13(9-19-10)5-6-14(18)16-8-11-3-2-4-12(15)7-11/h2-7,9H,8H2,1H3,(H,16,18)/b6-5+. The maximum Gasteiger partial charge on any atom is 0.244 e. The highest BCUT2D eigenvalue weighted by molar-refractivity contribution is 9.10. The number of aromatic nitrogens is 1. The minimum absolute atomic E-state index is 0.120. The van der Waals surface area contributed by atoms with Crippen LogP contribution < -0.4 is 5.32 Å². The molecule has 98 valence electrons. The van der Waals surface area contributed by atoms with E-state index in [0.717, 1.165) is 20.7 Å². The molecule has 0 saturated heterocycles. The number of nitrogens with one attached hydrogen (secondary N) is 1. The van der Waals surface area contributed by atoms with Gasteiger partial charge >= 0.3 is 0 Å². The zero-order chi connectivity index (χ0) is 13.7. The van der Waals surface area contributed by atoms with Gasteiger partial charge in [-0.2, -0.15) is 0 Å². The van der Waals surface area contributed by atoms with Crippen molar-refractivity contribution in [1.82, 2.24) is 10.3 Å². The molecule has 1 N–H and O–H groups in total. The monoisotopic (exact) mass is 336 g/mol. The zero-order valence-electron chi connectivity index (χ0n) is 10.4. The number of hydrogen-bond acceptors (Lipinski definition) is 3. The second-order valence-electron chi connectivity index (χ2n) is 3.97. The Morgan fingerprint density at radius 2 is 2.37 bits per heavy atom. The van der Waals surface area contributed by atoms with Crippen LogP contribution in [-0.4, -0.2) is 10.9 Å². The van der Waals surface area contributed by atoms with E-state index >= 15 is 0 Å². The van der Waals surface area contributed by atoms with Crippen LogP contribution >= 0.6 is 27.3 Å². The molecule has 0 fully saturated rings. The average Bonchev–Trinajstić information content (AvgIpc) is 2.80. The number of hydrogen-bond donors (Lipinski definition) is 1. The Bertz CT molecular complexity index is 607. The molecule has 0 bridgehead atoms. The second kappa shape index (κ2) is 6.63.